The van der Waals surface area contributed by atoms with Gasteiger partial charge in [0, 0.05) is 51.4 Å². The smallest absolute Gasteiger partial charge is 0.244 e. The van der Waals surface area contributed by atoms with Crippen LogP contribution in [0.2, 0.25) is 0 Å². The lowest BCUT2D eigenvalue weighted by atomic mass is 10.0. The highest BCUT2D eigenvalue weighted by Crippen LogP contribution is 2.25. The SMILES string of the molecule is Cn1cc(N2CCCC(N3CCN(c4ccc5ccccc5n4)CC3)C2=O)cn1. The Balaban J connectivity index is 1.26. The number of rotatable bonds is 3. The van der Waals surface area contributed by atoms with E-state index in [1.54, 1.807) is 10.9 Å². The van der Waals surface area contributed by atoms with E-state index in [1.165, 1.54) is 0 Å². The molecule has 0 saturated carbocycles. The Bertz CT molecular complexity index is 1020. The third kappa shape index (κ3) is 3.46. The Morgan fingerprint density at radius 1 is 1.00 bits per heavy atom. The van der Waals surface area contributed by atoms with E-state index in [1.807, 2.05) is 30.3 Å². The van der Waals surface area contributed by atoms with Crippen LogP contribution in [0.4, 0.5) is 11.5 Å². The molecule has 7 heteroatoms. The molecule has 1 unspecified atom stereocenters. The summed E-state index contributed by atoms with van der Waals surface area (Å²) in [6.07, 6.45) is 5.66. The number of amides is 1. The molecule has 1 atom stereocenters. The van der Waals surface area contributed by atoms with Crippen LogP contribution in [0, 0.1) is 0 Å². The Labute approximate surface area is 170 Å². The van der Waals surface area contributed by atoms with Crippen molar-refractivity contribution in [3.8, 4) is 0 Å². The second-order valence-corrected chi connectivity index (χ2v) is 7.91. The predicted molar refractivity (Wildman–Crippen MR) is 114 cm³/mol. The molecule has 0 radical (unpaired) electrons. The van der Waals surface area contributed by atoms with Crippen LogP contribution in [0.3, 0.4) is 0 Å². The van der Waals surface area contributed by atoms with Crippen molar-refractivity contribution in [1.29, 1.82) is 0 Å². The summed E-state index contributed by atoms with van der Waals surface area (Å²) in [5.41, 5.74) is 1.93. The highest BCUT2D eigenvalue weighted by atomic mass is 16.2. The monoisotopic (exact) mass is 390 g/mol. The summed E-state index contributed by atoms with van der Waals surface area (Å²) in [5.74, 6) is 1.23. The fraction of sp³-hybridized carbons (Fsp3) is 0.409. The molecule has 2 fully saturated rings. The summed E-state index contributed by atoms with van der Waals surface area (Å²) >= 11 is 0. The number of aromatic nitrogens is 3. The number of hydrogen-bond donors (Lipinski definition) is 0. The predicted octanol–water partition coefficient (Wildman–Crippen LogP) is 2.29. The van der Waals surface area contributed by atoms with E-state index >= 15 is 0 Å². The van der Waals surface area contributed by atoms with Gasteiger partial charge in [-0.3, -0.25) is 14.4 Å². The number of para-hydroxylation sites is 1. The number of piperidine rings is 1. The largest absolute Gasteiger partial charge is 0.354 e. The molecule has 2 saturated heterocycles. The van der Waals surface area contributed by atoms with Crippen LogP contribution in [0.1, 0.15) is 12.8 Å². The Morgan fingerprint density at radius 2 is 1.83 bits per heavy atom. The minimum Gasteiger partial charge on any atom is -0.354 e. The van der Waals surface area contributed by atoms with Crippen LogP contribution in [-0.2, 0) is 11.8 Å². The third-order valence-electron chi connectivity index (χ3n) is 6.08. The summed E-state index contributed by atoms with van der Waals surface area (Å²) in [6, 6.07) is 12.4. The van der Waals surface area contributed by atoms with Gasteiger partial charge in [-0.25, -0.2) is 4.98 Å². The molecule has 2 aliphatic rings. The number of benzene rings is 1. The number of pyridine rings is 1. The van der Waals surface area contributed by atoms with Crippen molar-refractivity contribution < 1.29 is 4.79 Å². The molecule has 0 bridgehead atoms. The molecule has 150 valence electrons. The second-order valence-electron chi connectivity index (χ2n) is 7.91. The highest BCUT2D eigenvalue weighted by molar-refractivity contribution is 5.97. The number of anilines is 2. The molecule has 4 heterocycles. The lowest BCUT2D eigenvalue weighted by Crippen LogP contribution is -2.58. The van der Waals surface area contributed by atoms with Crippen molar-refractivity contribution in [2.24, 2.45) is 7.05 Å². The maximum atomic E-state index is 13.2. The number of nitrogens with zero attached hydrogens (tertiary/aromatic N) is 6. The number of hydrogen-bond acceptors (Lipinski definition) is 5. The van der Waals surface area contributed by atoms with E-state index in [2.05, 4.69) is 39.2 Å². The van der Waals surface area contributed by atoms with E-state index in [0.29, 0.717) is 0 Å². The zero-order chi connectivity index (χ0) is 19.8. The highest BCUT2D eigenvalue weighted by Gasteiger charge is 2.35. The fourth-order valence-corrected chi connectivity index (χ4v) is 4.49. The number of fused-ring (bicyclic) bond motifs is 1. The van der Waals surface area contributed by atoms with Gasteiger partial charge in [-0.05, 0) is 31.0 Å². The minimum atomic E-state index is -0.0318. The van der Waals surface area contributed by atoms with Gasteiger partial charge < -0.3 is 9.80 Å². The topological polar surface area (TPSA) is 57.5 Å². The maximum absolute atomic E-state index is 13.2. The van der Waals surface area contributed by atoms with Crippen molar-refractivity contribution in [3.05, 3.63) is 48.8 Å². The number of piperazine rings is 1. The van der Waals surface area contributed by atoms with Gasteiger partial charge in [0.2, 0.25) is 5.91 Å². The molecule has 0 aliphatic carbocycles. The average molecular weight is 390 g/mol. The van der Waals surface area contributed by atoms with Gasteiger partial charge in [-0.15, -0.1) is 0 Å². The summed E-state index contributed by atoms with van der Waals surface area (Å²) < 4.78 is 1.75. The lowest BCUT2D eigenvalue weighted by molar-refractivity contribution is -0.125. The van der Waals surface area contributed by atoms with E-state index in [4.69, 9.17) is 4.98 Å². The first-order valence-electron chi connectivity index (χ1n) is 10.3. The molecule has 3 aromatic rings. The molecule has 2 aliphatic heterocycles. The van der Waals surface area contributed by atoms with Gasteiger partial charge in [0.25, 0.3) is 0 Å². The summed E-state index contributed by atoms with van der Waals surface area (Å²) in [6.45, 7) is 4.32. The quantitative estimate of drug-likeness (QED) is 0.687. The summed E-state index contributed by atoms with van der Waals surface area (Å²) in [7, 11) is 1.88. The van der Waals surface area contributed by atoms with Gasteiger partial charge in [0.15, 0.2) is 0 Å². The van der Waals surface area contributed by atoms with Crippen molar-refractivity contribution in [2.45, 2.75) is 18.9 Å². The zero-order valence-corrected chi connectivity index (χ0v) is 16.7. The van der Waals surface area contributed by atoms with Crippen LogP contribution in [0.15, 0.2) is 48.8 Å². The standard InChI is InChI=1S/C22H26N6O/c1-25-16-18(15-23-25)28-10-4-7-20(22(28)29)26-11-13-27(14-12-26)21-9-8-17-5-2-3-6-19(17)24-21/h2-3,5-6,8-9,15-16,20H,4,7,10-14H2,1H3. The van der Waals surface area contributed by atoms with Crippen molar-refractivity contribution in [3.63, 3.8) is 0 Å². The molecule has 2 aromatic heterocycles. The molecule has 1 amide bonds. The van der Waals surface area contributed by atoms with E-state index in [0.717, 1.165) is 68.0 Å². The van der Waals surface area contributed by atoms with Gasteiger partial charge in [0.05, 0.1) is 23.4 Å². The molecule has 7 nitrogen and oxygen atoms in total. The molecule has 29 heavy (non-hydrogen) atoms. The minimum absolute atomic E-state index is 0.0318. The van der Waals surface area contributed by atoms with Crippen molar-refractivity contribution in [1.82, 2.24) is 19.7 Å². The molecule has 0 N–H and O–H groups in total. The summed E-state index contributed by atoms with van der Waals surface area (Å²) in [4.78, 5) is 24.6. The van der Waals surface area contributed by atoms with Crippen LogP contribution in [0.5, 0.6) is 0 Å². The van der Waals surface area contributed by atoms with Crippen molar-refractivity contribution in [2.75, 3.05) is 42.5 Å². The van der Waals surface area contributed by atoms with Gasteiger partial charge in [-0.1, -0.05) is 18.2 Å². The average Bonchev–Trinajstić information content (AvgIpc) is 3.20. The third-order valence-corrected chi connectivity index (χ3v) is 6.08. The summed E-state index contributed by atoms with van der Waals surface area (Å²) in [5, 5.41) is 5.39. The maximum Gasteiger partial charge on any atom is 0.244 e. The normalized spacial score (nSPS) is 21.1. The molecule has 0 spiro atoms. The number of aryl methyl sites for hydroxylation is 1. The van der Waals surface area contributed by atoms with Crippen molar-refractivity contribution >= 4 is 28.3 Å². The van der Waals surface area contributed by atoms with Gasteiger partial charge >= 0.3 is 0 Å². The molecule has 5 rings (SSSR count). The number of carbonyl (C=O) groups is 1. The first-order chi connectivity index (χ1) is 14.2. The lowest BCUT2D eigenvalue weighted by Gasteiger charge is -2.42. The number of carbonyl (C=O) groups excluding carboxylic acids is 1. The van der Waals surface area contributed by atoms with Gasteiger partial charge in [0.1, 0.15) is 5.82 Å². The van der Waals surface area contributed by atoms with Crippen LogP contribution in [0.25, 0.3) is 10.9 Å². The second kappa shape index (κ2) is 7.48. The first-order valence-corrected chi connectivity index (χ1v) is 10.3. The van der Waals surface area contributed by atoms with E-state index < -0.39 is 0 Å². The van der Waals surface area contributed by atoms with Crippen LogP contribution in [-0.4, -0.2) is 64.3 Å². The van der Waals surface area contributed by atoms with Crippen LogP contribution < -0.4 is 9.80 Å². The molecular weight excluding hydrogens is 364 g/mol. The van der Waals surface area contributed by atoms with E-state index in [-0.39, 0.29) is 11.9 Å². The Hall–Kier alpha value is -2.93. The first kappa shape index (κ1) is 18.1. The van der Waals surface area contributed by atoms with E-state index in [9.17, 15) is 4.79 Å². The van der Waals surface area contributed by atoms with Crippen LogP contribution >= 0.6 is 0 Å². The molecular formula is C22H26N6O. The Kier molecular flexibility index (Phi) is 4.67. The zero-order valence-electron chi connectivity index (χ0n) is 16.7. The fourth-order valence-electron chi connectivity index (χ4n) is 4.49. The Morgan fingerprint density at radius 3 is 2.62 bits per heavy atom. The van der Waals surface area contributed by atoms with Gasteiger partial charge in [-0.2, -0.15) is 5.10 Å². The molecule has 1 aromatic carbocycles.